The van der Waals surface area contributed by atoms with Gasteiger partial charge >= 0.3 is 5.69 Å². The fourth-order valence-corrected chi connectivity index (χ4v) is 3.29. The number of nitrogens with two attached hydrogens (primary N) is 1. The molecule has 10 nitrogen and oxygen atoms in total. The molecule has 2 aliphatic heterocycles. The van der Waals surface area contributed by atoms with Gasteiger partial charge in [0.05, 0.1) is 18.8 Å². The number of fused-ring (bicyclic) bond motifs is 1. The number of carbonyl (C=O) groups excluding carboxylic acids is 1. The van der Waals surface area contributed by atoms with Crippen LogP contribution >= 0.6 is 11.9 Å². The Balaban J connectivity index is 1.87. The van der Waals surface area contributed by atoms with Crippen LogP contribution in [0.5, 0.6) is 0 Å². The van der Waals surface area contributed by atoms with Crippen LogP contribution in [0.25, 0.3) is 0 Å². The number of rotatable bonds is 3. The molecule has 22 heavy (non-hydrogen) atoms. The fourth-order valence-electron chi connectivity index (χ4n) is 2.30. The molecule has 0 aromatic carbocycles. The molecule has 0 bridgehead atoms. The first-order valence-corrected chi connectivity index (χ1v) is 7.24. The highest BCUT2D eigenvalue weighted by Crippen LogP contribution is 2.31. The second-order valence-corrected chi connectivity index (χ2v) is 6.02. The van der Waals surface area contributed by atoms with Gasteiger partial charge in [0.2, 0.25) is 5.78 Å². The molecule has 0 saturated carbocycles. The van der Waals surface area contributed by atoms with Crippen LogP contribution in [0.3, 0.4) is 0 Å². The highest BCUT2D eigenvalue weighted by atomic mass is 32.2. The number of aliphatic hydroxyl groups excluding tert-OH is 3. The van der Waals surface area contributed by atoms with Crippen molar-refractivity contribution in [1.29, 1.82) is 0 Å². The highest BCUT2D eigenvalue weighted by Gasteiger charge is 2.43. The summed E-state index contributed by atoms with van der Waals surface area (Å²) < 4.78 is 6.34. The van der Waals surface area contributed by atoms with Crippen LogP contribution in [0.4, 0.5) is 5.69 Å². The van der Waals surface area contributed by atoms with Crippen LogP contribution in [0.15, 0.2) is 11.0 Å². The number of Topliss-reactive ketones (excluding diaryl/α,β-unsaturated/α-hetero) is 1. The van der Waals surface area contributed by atoms with Crippen molar-refractivity contribution < 1.29 is 24.9 Å². The molecule has 1 saturated heterocycles. The van der Waals surface area contributed by atoms with Crippen molar-refractivity contribution in [2.75, 3.05) is 18.2 Å². The summed E-state index contributed by atoms with van der Waals surface area (Å²) in [6.07, 6.45) is -2.14. The Hall–Kier alpha value is -1.50. The Bertz CT molecular complexity index is 666. The number of ketones is 1. The van der Waals surface area contributed by atoms with Gasteiger partial charge in [0.25, 0.3) is 0 Å². The average molecular weight is 330 g/mol. The Kier molecular flexibility index (Phi) is 3.92. The quantitative estimate of drug-likeness (QED) is 0.423. The number of hydrogen-bond donors (Lipinski definition) is 4. The third-order valence-corrected chi connectivity index (χ3v) is 4.57. The van der Waals surface area contributed by atoms with Gasteiger partial charge in [-0.15, -0.1) is 0 Å². The summed E-state index contributed by atoms with van der Waals surface area (Å²) in [7, 11) is 0. The second-order valence-electron chi connectivity index (χ2n) is 4.95. The van der Waals surface area contributed by atoms with Gasteiger partial charge in [-0.3, -0.25) is 9.80 Å². The third kappa shape index (κ3) is 2.41. The van der Waals surface area contributed by atoms with Gasteiger partial charge in [0.15, 0.2) is 5.44 Å². The van der Waals surface area contributed by atoms with Crippen molar-refractivity contribution in [1.82, 2.24) is 8.96 Å². The number of anilines is 1. The van der Waals surface area contributed by atoms with E-state index in [-0.39, 0.29) is 18.0 Å². The lowest BCUT2D eigenvalue weighted by Crippen LogP contribution is -2.34. The number of hydrogen-bond acceptors (Lipinski definition) is 10. The fraction of sp³-hybridized carbons (Fsp3) is 0.545. The van der Waals surface area contributed by atoms with E-state index >= 15 is 0 Å². The van der Waals surface area contributed by atoms with E-state index in [0.717, 1.165) is 15.9 Å². The lowest BCUT2D eigenvalue weighted by molar-refractivity contribution is -0.00813. The first-order valence-electron chi connectivity index (χ1n) is 6.41. The van der Waals surface area contributed by atoms with Gasteiger partial charge < -0.3 is 20.1 Å². The number of ether oxygens (including phenoxy) is 1. The van der Waals surface area contributed by atoms with Crippen molar-refractivity contribution in [3.8, 4) is 0 Å². The molecule has 0 radical (unpaired) electrons. The lowest BCUT2D eigenvalue weighted by Gasteiger charge is -2.16. The van der Waals surface area contributed by atoms with Gasteiger partial charge in [-0.2, -0.15) is 4.98 Å². The molecule has 3 heterocycles. The maximum atomic E-state index is 11.9. The summed E-state index contributed by atoms with van der Waals surface area (Å²) in [6, 6.07) is 0. The first-order chi connectivity index (χ1) is 10.4. The van der Waals surface area contributed by atoms with Crippen molar-refractivity contribution in [3.05, 3.63) is 22.4 Å². The number of nitrogens with zero attached hydrogens (tertiary/aromatic N) is 3. The van der Waals surface area contributed by atoms with Crippen LogP contribution in [-0.4, -0.2) is 67.0 Å². The molecule has 0 spiro atoms. The van der Waals surface area contributed by atoms with E-state index < -0.39 is 36.0 Å². The van der Waals surface area contributed by atoms with E-state index in [2.05, 4.69) is 4.98 Å². The van der Waals surface area contributed by atoms with Crippen LogP contribution in [0, 0.1) is 0 Å². The molecule has 120 valence electrons. The zero-order chi connectivity index (χ0) is 16.0. The molecule has 0 aliphatic carbocycles. The summed E-state index contributed by atoms with van der Waals surface area (Å²) in [5.74, 6) is 5.30. The van der Waals surface area contributed by atoms with Gasteiger partial charge in [-0.1, -0.05) is 0 Å². The summed E-state index contributed by atoms with van der Waals surface area (Å²) in [6.45, 7) is -0.526. The maximum Gasteiger partial charge on any atom is 0.358 e. The molecule has 0 amide bonds. The average Bonchev–Trinajstić information content (AvgIpc) is 2.91. The van der Waals surface area contributed by atoms with Crippen LogP contribution < -0.4 is 16.5 Å². The van der Waals surface area contributed by atoms with Crippen LogP contribution in [-0.2, 0) is 4.74 Å². The number of aliphatic hydroxyl groups is 3. The molecule has 1 aromatic rings. The molecule has 11 heteroatoms. The van der Waals surface area contributed by atoms with E-state index in [4.69, 9.17) is 15.7 Å². The Morgan fingerprint density at radius 2 is 2.14 bits per heavy atom. The Morgan fingerprint density at radius 1 is 1.41 bits per heavy atom. The number of carbonyl (C=O) groups is 1. The normalized spacial score (nSPS) is 30.9. The smallest absolute Gasteiger partial charge is 0.358 e. The molecule has 3 rings (SSSR count). The van der Waals surface area contributed by atoms with E-state index in [1.54, 1.807) is 0 Å². The molecule has 5 N–H and O–H groups in total. The molecular weight excluding hydrogens is 316 g/mol. The zero-order valence-electron chi connectivity index (χ0n) is 11.2. The van der Waals surface area contributed by atoms with Gasteiger partial charge in [0, 0.05) is 6.20 Å². The molecule has 2 aliphatic rings. The largest absolute Gasteiger partial charge is 0.394 e. The Labute approximate surface area is 128 Å². The SMILES string of the molecule is NN1CC(=O)c2nc(=O)n(S[C@@H]3O[C@H](CO)[C@@H](O)[C@H]3O)cc21. The van der Waals surface area contributed by atoms with E-state index in [1.165, 1.54) is 11.2 Å². The minimum Gasteiger partial charge on any atom is -0.394 e. The van der Waals surface area contributed by atoms with Crippen molar-refractivity contribution in [2.45, 2.75) is 23.7 Å². The molecule has 1 fully saturated rings. The topological polar surface area (TPSA) is 151 Å². The predicted octanol–water partition coefficient (Wildman–Crippen LogP) is -2.94. The van der Waals surface area contributed by atoms with Gasteiger partial charge in [0.1, 0.15) is 24.0 Å². The lowest BCUT2D eigenvalue weighted by atomic mass is 10.2. The first kappa shape index (κ1) is 15.4. The Morgan fingerprint density at radius 3 is 2.77 bits per heavy atom. The second kappa shape index (κ2) is 5.61. The van der Waals surface area contributed by atoms with E-state index in [0.29, 0.717) is 5.69 Å². The molecule has 4 atom stereocenters. The van der Waals surface area contributed by atoms with Gasteiger partial charge in [-0.25, -0.2) is 14.6 Å². The van der Waals surface area contributed by atoms with Crippen molar-refractivity contribution >= 4 is 23.4 Å². The van der Waals surface area contributed by atoms with E-state index in [1.807, 2.05) is 0 Å². The summed E-state index contributed by atoms with van der Waals surface area (Å²) in [4.78, 5) is 27.2. The highest BCUT2D eigenvalue weighted by molar-refractivity contribution is 7.98. The number of aromatic nitrogens is 2. The molecule has 0 unspecified atom stereocenters. The maximum absolute atomic E-state index is 11.9. The minimum absolute atomic E-state index is 0.00510. The third-order valence-electron chi connectivity index (χ3n) is 3.48. The van der Waals surface area contributed by atoms with Crippen LogP contribution in [0.2, 0.25) is 0 Å². The summed E-state index contributed by atoms with van der Waals surface area (Å²) >= 11 is 0.783. The zero-order valence-corrected chi connectivity index (χ0v) is 12.0. The number of hydrazine groups is 1. The van der Waals surface area contributed by atoms with Crippen molar-refractivity contribution in [3.63, 3.8) is 0 Å². The standard InChI is InChI=1S/C11H14N4O6S/c12-14-2-5(17)7-4(14)1-15(11(20)13-7)22-10-9(19)8(18)6(3-16)21-10/h1,6,8-10,16,18-19H,2-3,12H2/t6-,8-,9-,10+/m1/s1. The predicted molar refractivity (Wildman–Crippen MR) is 75.1 cm³/mol. The monoisotopic (exact) mass is 330 g/mol. The summed E-state index contributed by atoms with van der Waals surface area (Å²) in [5, 5.41) is 29.8. The van der Waals surface area contributed by atoms with E-state index in [9.17, 15) is 19.8 Å². The van der Waals surface area contributed by atoms with Gasteiger partial charge in [-0.05, 0) is 11.9 Å². The summed E-state index contributed by atoms with van der Waals surface area (Å²) in [5.41, 5.74) is -1.38. The molecule has 1 aromatic heterocycles. The van der Waals surface area contributed by atoms with Crippen LogP contribution in [0.1, 0.15) is 10.5 Å². The minimum atomic E-state index is -1.28. The molecular formula is C11H14N4O6S. The van der Waals surface area contributed by atoms with Crippen molar-refractivity contribution in [2.24, 2.45) is 5.84 Å².